The summed E-state index contributed by atoms with van der Waals surface area (Å²) in [7, 11) is 3.87. The van der Waals surface area contributed by atoms with E-state index in [0.29, 0.717) is 12.1 Å². The number of methoxy groups -OCH3 is 1. The van der Waals surface area contributed by atoms with Crippen LogP contribution in [0, 0.1) is 0 Å². The minimum atomic E-state index is 0.0128. The number of hydrogen-bond donors (Lipinski definition) is 1. The van der Waals surface area contributed by atoms with E-state index in [0.717, 1.165) is 25.9 Å². The van der Waals surface area contributed by atoms with Gasteiger partial charge in [0.05, 0.1) is 11.7 Å². The highest BCUT2D eigenvalue weighted by atomic mass is 16.5. The summed E-state index contributed by atoms with van der Waals surface area (Å²) in [6, 6.07) is 0.606. The van der Waals surface area contributed by atoms with Crippen molar-refractivity contribution in [3.63, 3.8) is 0 Å². The van der Waals surface area contributed by atoms with Crippen molar-refractivity contribution in [3.05, 3.63) is 0 Å². The first kappa shape index (κ1) is 11.4. The molecule has 2 rings (SSSR count). The molecule has 1 N–H and O–H groups in total. The second-order valence-corrected chi connectivity index (χ2v) is 4.86. The predicted octanol–water partition coefficient (Wildman–Crippen LogP) is 1.71. The average Bonchev–Trinajstić information content (AvgIpc) is 2.30. The van der Waals surface area contributed by atoms with Crippen molar-refractivity contribution in [2.45, 2.75) is 56.3 Å². The minimum absolute atomic E-state index is 0.0128. The predicted molar refractivity (Wildman–Crippen MR) is 60.0 cm³/mol. The SMILES string of the molecule is CNC1CCOC2(CCCCC2OC)C1. The van der Waals surface area contributed by atoms with E-state index in [2.05, 4.69) is 5.32 Å². The molecule has 15 heavy (non-hydrogen) atoms. The molecule has 0 aromatic heterocycles. The quantitative estimate of drug-likeness (QED) is 0.757. The Balaban J connectivity index is 2.07. The van der Waals surface area contributed by atoms with Gasteiger partial charge < -0.3 is 14.8 Å². The molecule has 1 saturated carbocycles. The number of hydrogen-bond acceptors (Lipinski definition) is 3. The number of nitrogens with one attached hydrogen (secondary N) is 1. The molecule has 3 unspecified atom stereocenters. The monoisotopic (exact) mass is 213 g/mol. The van der Waals surface area contributed by atoms with Crippen molar-refractivity contribution in [3.8, 4) is 0 Å². The zero-order valence-electron chi connectivity index (χ0n) is 9.92. The fourth-order valence-electron chi connectivity index (χ4n) is 3.14. The van der Waals surface area contributed by atoms with E-state index in [1.54, 1.807) is 0 Å². The summed E-state index contributed by atoms with van der Waals surface area (Å²) in [6.45, 7) is 0.880. The van der Waals surface area contributed by atoms with Crippen LogP contribution in [0.2, 0.25) is 0 Å². The molecule has 0 bridgehead atoms. The van der Waals surface area contributed by atoms with Gasteiger partial charge in [-0.05, 0) is 32.7 Å². The maximum absolute atomic E-state index is 6.08. The molecule has 1 aliphatic heterocycles. The molecule has 0 aromatic rings. The summed E-state index contributed by atoms with van der Waals surface area (Å²) in [4.78, 5) is 0. The van der Waals surface area contributed by atoms with Crippen LogP contribution in [0.15, 0.2) is 0 Å². The Kier molecular flexibility index (Phi) is 3.65. The molecule has 1 saturated heterocycles. The Hall–Kier alpha value is -0.120. The lowest BCUT2D eigenvalue weighted by Crippen LogP contribution is -2.55. The molecule has 88 valence electrons. The van der Waals surface area contributed by atoms with E-state index >= 15 is 0 Å². The standard InChI is InChI=1S/C12H23NO2/c1-13-10-6-8-15-12(9-10)7-4-3-5-11(12)14-2/h10-11,13H,3-9H2,1-2H3. The van der Waals surface area contributed by atoms with E-state index in [1.807, 2.05) is 14.2 Å². The van der Waals surface area contributed by atoms with Gasteiger partial charge in [0.1, 0.15) is 0 Å². The topological polar surface area (TPSA) is 30.5 Å². The van der Waals surface area contributed by atoms with Gasteiger partial charge >= 0.3 is 0 Å². The zero-order valence-corrected chi connectivity index (χ0v) is 9.92. The molecule has 0 amide bonds. The molecule has 2 aliphatic rings. The normalized spacial score (nSPS) is 42.0. The van der Waals surface area contributed by atoms with Crippen LogP contribution in [-0.4, -0.2) is 38.5 Å². The second kappa shape index (κ2) is 4.81. The van der Waals surface area contributed by atoms with Gasteiger partial charge in [0.2, 0.25) is 0 Å². The van der Waals surface area contributed by atoms with Crippen LogP contribution in [-0.2, 0) is 9.47 Å². The lowest BCUT2D eigenvalue weighted by atomic mass is 9.76. The third-order valence-electron chi connectivity index (χ3n) is 4.04. The average molecular weight is 213 g/mol. The fraction of sp³-hybridized carbons (Fsp3) is 1.00. The van der Waals surface area contributed by atoms with Gasteiger partial charge in [-0.1, -0.05) is 12.8 Å². The fourth-order valence-corrected chi connectivity index (χ4v) is 3.14. The molecule has 3 nitrogen and oxygen atoms in total. The number of rotatable bonds is 2. The highest BCUT2D eigenvalue weighted by molar-refractivity contribution is 4.98. The van der Waals surface area contributed by atoms with Crippen LogP contribution >= 0.6 is 0 Å². The van der Waals surface area contributed by atoms with Crippen LogP contribution < -0.4 is 5.32 Å². The summed E-state index contributed by atoms with van der Waals surface area (Å²) in [5.41, 5.74) is 0.0128. The molecule has 0 radical (unpaired) electrons. The van der Waals surface area contributed by atoms with E-state index in [-0.39, 0.29) is 5.60 Å². The maximum atomic E-state index is 6.08. The summed E-state index contributed by atoms with van der Waals surface area (Å²) >= 11 is 0. The van der Waals surface area contributed by atoms with Crippen LogP contribution in [0.1, 0.15) is 38.5 Å². The molecular formula is C12H23NO2. The van der Waals surface area contributed by atoms with Gasteiger partial charge in [-0.2, -0.15) is 0 Å². The molecule has 1 aliphatic carbocycles. The van der Waals surface area contributed by atoms with Gasteiger partial charge in [0.25, 0.3) is 0 Å². The van der Waals surface area contributed by atoms with Crippen molar-refractivity contribution in [2.24, 2.45) is 0 Å². The van der Waals surface area contributed by atoms with Crippen molar-refractivity contribution in [1.29, 1.82) is 0 Å². The first-order valence-electron chi connectivity index (χ1n) is 6.15. The zero-order chi connectivity index (χ0) is 10.7. The van der Waals surface area contributed by atoms with Crippen molar-refractivity contribution in [1.82, 2.24) is 5.32 Å². The minimum Gasteiger partial charge on any atom is -0.378 e. The maximum Gasteiger partial charge on any atom is 0.0957 e. The Labute approximate surface area is 92.5 Å². The molecule has 1 heterocycles. The van der Waals surface area contributed by atoms with Crippen LogP contribution in [0.5, 0.6) is 0 Å². The first-order valence-corrected chi connectivity index (χ1v) is 6.15. The first-order chi connectivity index (χ1) is 7.30. The summed E-state index contributed by atoms with van der Waals surface area (Å²) in [6.07, 6.45) is 7.46. The molecule has 0 aromatic carbocycles. The van der Waals surface area contributed by atoms with Crippen molar-refractivity contribution >= 4 is 0 Å². The van der Waals surface area contributed by atoms with E-state index < -0.39 is 0 Å². The molecule has 3 heteroatoms. The Morgan fingerprint density at radius 3 is 2.93 bits per heavy atom. The molecule has 2 fully saturated rings. The number of ether oxygens (including phenoxy) is 2. The highest BCUT2D eigenvalue weighted by Crippen LogP contribution is 2.40. The second-order valence-electron chi connectivity index (χ2n) is 4.86. The Morgan fingerprint density at radius 2 is 2.20 bits per heavy atom. The smallest absolute Gasteiger partial charge is 0.0957 e. The summed E-state index contributed by atoms with van der Waals surface area (Å²) in [5, 5.41) is 3.38. The summed E-state index contributed by atoms with van der Waals surface area (Å²) in [5.74, 6) is 0. The summed E-state index contributed by atoms with van der Waals surface area (Å²) < 4.78 is 11.7. The largest absolute Gasteiger partial charge is 0.378 e. The third kappa shape index (κ3) is 2.19. The van der Waals surface area contributed by atoms with Gasteiger partial charge in [-0.25, -0.2) is 0 Å². The lowest BCUT2D eigenvalue weighted by Gasteiger charge is -2.47. The highest BCUT2D eigenvalue weighted by Gasteiger charge is 2.45. The third-order valence-corrected chi connectivity index (χ3v) is 4.04. The van der Waals surface area contributed by atoms with E-state index in [4.69, 9.17) is 9.47 Å². The van der Waals surface area contributed by atoms with E-state index in [9.17, 15) is 0 Å². The van der Waals surface area contributed by atoms with Gasteiger partial charge in [0, 0.05) is 19.8 Å². The van der Waals surface area contributed by atoms with Crippen LogP contribution in [0.3, 0.4) is 0 Å². The van der Waals surface area contributed by atoms with Crippen LogP contribution in [0.4, 0.5) is 0 Å². The van der Waals surface area contributed by atoms with Crippen molar-refractivity contribution in [2.75, 3.05) is 20.8 Å². The van der Waals surface area contributed by atoms with Crippen LogP contribution in [0.25, 0.3) is 0 Å². The Bertz CT molecular complexity index is 206. The molecular weight excluding hydrogens is 190 g/mol. The van der Waals surface area contributed by atoms with Gasteiger partial charge in [-0.15, -0.1) is 0 Å². The Morgan fingerprint density at radius 1 is 1.33 bits per heavy atom. The van der Waals surface area contributed by atoms with Gasteiger partial charge in [0.15, 0.2) is 0 Å². The molecule has 1 spiro atoms. The lowest BCUT2D eigenvalue weighted by molar-refractivity contribution is -0.180. The molecule has 3 atom stereocenters. The van der Waals surface area contributed by atoms with Crippen molar-refractivity contribution < 1.29 is 9.47 Å². The van der Waals surface area contributed by atoms with Gasteiger partial charge in [-0.3, -0.25) is 0 Å². The van der Waals surface area contributed by atoms with E-state index in [1.165, 1.54) is 19.3 Å².